The van der Waals surface area contributed by atoms with Gasteiger partial charge in [-0.15, -0.1) is 23.1 Å². The predicted octanol–water partition coefficient (Wildman–Crippen LogP) is 1.95. The molecule has 1 aliphatic heterocycles. The van der Waals surface area contributed by atoms with E-state index < -0.39 is 0 Å². The lowest BCUT2D eigenvalue weighted by molar-refractivity contribution is 0.0931. The van der Waals surface area contributed by atoms with Crippen molar-refractivity contribution in [1.29, 1.82) is 0 Å². The van der Waals surface area contributed by atoms with E-state index in [2.05, 4.69) is 10.6 Å². The highest BCUT2D eigenvalue weighted by atomic mass is 32.2. The first-order chi connectivity index (χ1) is 7.81. The molecule has 1 aromatic heterocycles. The summed E-state index contributed by atoms with van der Waals surface area (Å²) in [5.41, 5.74) is 0. The van der Waals surface area contributed by atoms with Crippen molar-refractivity contribution >= 4 is 29.0 Å². The number of amides is 1. The molecule has 1 aliphatic rings. The maximum absolute atomic E-state index is 12.0. The molecule has 1 fully saturated rings. The van der Waals surface area contributed by atoms with Gasteiger partial charge in [0.25, 0.3) is 5.91 Å². The molecule has 2 N–H and O–H groups in total. The second-order valence-electron chi connectivity index (χ2n) is 3.82. The molecule has 0 unspecified atom stereocenters. The molecule has 16 heavy (non-hydrogen) atoms. The van der Waals surface area contributed by atoms with Crippen molar-refractivity contribution < 1.29 is 4.79 Å². The SMILES string of the molecule is CSc1ccsc1C(=O)NC1CCNCC1. The number of hydrogen-bond acceptors (Lipinski definition) is 4. The van der Waals surface area contributed by atoms with Crippen molar-refractivity contribution in [2.75, 3.05) is 19.3 Å². The fourth-order valence-corrected chi connectivity index (χ4v) is 3.49. The average molecular weight is 256 g/mol. The van der Waals surface area contributed by atoms with Gasteiger partial charge in [0.2, 0.25) is 0 Å². The fraction of sp³-hybridized carbons (Fsp3) is 0.545. The first-order valence-electron chi connectivity index (χ1n) is 5.44. The van der Waals surface area contributed by atoms with Crippen LogP contribution >= 0.6 is 23.1 Å². The molecule has 1 aromatic rings. The zero-order valence-corrected chi connectivity index (χ0v) is 10.9. The summed E-state index contributed by atoms with van der Waals surface area (Å²) in [7, 11) is 0. The van der Waals surface area contributed by atoms with Gasteiger partial charge in [-0.1, -0.05) is 0 Å². The Labute approximate surface area is 104 Å². The van der Waals surface area contributed by atoms with Gasteiger partial charge in [-0.2, -0.15) is 0 Å². The minimum atomic E-state index is 0.0891. The van der Waals surface area contributed by atoms with E-state index in [0.717, 1.165) is 35.7 Å². The summed E-state index contributed by atoms with van der Waals surface area (Å²) in [6.45, 7) is 2.01. The lowest BCUT2D eigenvalue weighted by Gasteiger charge is -2.23. The van der Waals surface area contributed by atoms with Gasteiger partial charge in [-0.3, -0.25) is 4.79 Å². The van der Waals surface area contributed by atoms with Crippen molar-refractivity contribution in [2.45, 2.75) is 23.8 Å². The minimum Gasteiger partial charge on any atom is -0.348 e. The molecule has 0 saturated carbocycles. The number of thioether (sulfide) groups is 1. The van der Waals surface area contributed by atoms with Gasteiger partial charge in [-0.05, 0) is 43.6 Å². The minimum absolute atomic E-state index is 0.0891. The number of piperidine rings is 1. The number of hydrogen-bond donors (Lipinski definition) is 2. The zero-order chi connectivity index (χ0) is 11.4. The molecule has 0 radical (unpaired) electrons. The van der Waals surface area contributed by atoms with E-state index in [1.165, 1.54) is 11.3 Å². The zero-order valence-electron chi connectivity index (χ0n) is 9.29. The van der Waals surface area contributed by atoms with Crippen molar-refractivity contribution in [3.05, 3.63) is 16.3 Å². The van der Waals surface area contributed by atoms with Gasteiger partial charge in [0, 0.05) is 10.9 Å². The summed E-state index contributed by atoms with van der Waals surface area (Å²) in [5, 5.41) is 8.38. The Hall–Kier alpha value is -0.520. The highest BCUT2D eigenvalue weighted by Crippen LogP contribution is 2.25. The van der Waals surface area contributed by atoms with E-state index in [1.807, 2.05) is 17.7 Å². The first kappa shape index (κ1) is 12.0. The van der Waals surface area contributed by atoms with Crippen LogP contribution in [0.3, 0.4) is 0 Å². The second-order valence-corrected chi connectivity index (χ2v) is 5.58. The highest BCUT2D eigenvalue weighted by molar-refractivity contribution is 7.98. The molecule has 5 heteroatoms. The van der Waals surface area contributed by atoms with Crippen molar-refractivity contribution in [2.24, 2.45) is 0 Å². The van der Waals surface area contributed by atoms with E-state index in [9.17, 15) is 4.79 Å². The van der Waals surface area contributed by atoms with Crippen molar-refractivity contribution in [3.63, 3.8) is 0 Å². The Kier molecular flexibility index (Phi) is 4.26. The number of nitrogens with one attached hydrogen (secondary N) is 2. The van der Waals surface area contributed by atoms with Crippen LogP contribution in [0.25, 0.3) is 0 Å². The van der Waals surface area contributed by atoms with E-state index in [4.69, 9.17) is 0 Å². The largest absolute Gasteiger partial charge is 0.348 e. The summed E-state index contributed by atoms with van der Waals surface area (Å²) >= 11 is 3.15. The molecule has 3 nitrogen and oxygen atoms in total. The predicted molar refractivity (Wildman–Crippen MR) is 69.5 cm³/mol. The maximum atomic E-state index is 12.0. The summed E-state index contributed by atoms with van der Waals surface area (Å²) in [4.78, 5) is 14.0. The summed E-state index contributed by atoms with van der Waals surface area (Å²) in [6.07, 6.45) is 4.07. The van der Waals surface area contributed by atoms with Crippen LogP contribution in [0.4, 0.5) is 0 Å². The highest BCUT2D eigenvalue weighted by Gasteiger charge is 2.18. The molecule has 0 aliphatic carbocycles. The van der Waals surface area contributed by atoms with E-state index >= 15 is 0 Å². The van der Waals surface area contributed by atoms with Crippen molar-refractivity contribution in [1.82, 2.24) is 10.6 Å². The normalized spacial score (nSPS) is 17.3. The van der Waals surface area contributed by atoms with Crippen LogP contribution in [0.2, 0.25) is 0 Å². The molecule has 0 bridgehead atoms. The number of carbonyl (C=O) groups excluding carboxylic acids is 1. The Morgan fingerprint density at radius 2 is 2.31 bits per heavy atom. The monoisotopic (exact) mass is 256 g/mol. The summed E-state index contributed by atoms with van der Waals surface area (Å²) < 4.78 is 0. The molecular formula is C11H16N2OS2. The molecular weight excluding hydrogens is 240 g/mol. The van der Waals surface area contributed by atoms with Crippen LogP contribution in [0.5, 0.6) is 0 Å². The lowest BCUT2D eigenvalue weighted by atomic mass is 10.1. The van der Waals surface area contributed by atoms with Crippen LogP contribution < -0.4 is 10.6 Å². The van der Waals surface area contributed by atoms with Crippen LogP contribution in [-0.2, 0) is 0 Å². The fourth-order valence-electron chi connectivity index (χ4n) is 1.84. The van der Waals surface area contributed by atoms with Gasteiger partial charge < -0.3 is 10.6 Å². The van der Waals surface area contributed by atoms with Gasteiger partial charge in [-0.25, -0.2) is 0 Å². The van der Waals surface area contributed by atoms with Gasteiger partial charge in [0.05, 0.1) is 0 Å². The molecule has 2 rings (SSSR count). The average Bonchev–Trinajstić information content (AvgIpc) is 2.78. The quantitative estimate of drug-likeness (QED) is 0.812. The van der Waals surface area contributed by atoms with Gasteiger partial charge >= 0.3 is 0 Å². The standard InChI is InChI=1S/C11H16N2OS2/c1-15-9-4-7-16-10(9)11(14)13-8-2-5-12-6-3-8/h4,7-8,12H,2-3,5-6H2,1H3,(H,13,14). The molecule has 0 aromatic carbocycles. The molecule has 0 spiro atoms. The van der Waals surface area contributed by atoms with E-state index in [1.54, 1.807) is 11.8 Å². The first-order valence-corrected chi connectivity index (χ1v) is 7.55. The summed E-state index contributed by atoms with van der Waals surface area (Å²) in [6, 6.07) is 2.35. The van der Waals surface area contributed by atoms with E-state index in [0.29, 0.717) is 6.04 Å². The Bertz CT molecular complexity index is 359. The Balaban J connectivity index is 1.96. The van der Waals surface area contributed by atoms with Crippen LogP contribution in [0.15, 0.2) is 16.3 Å². The van der Waals surface area contributed by atoms with Crippen LogP contribution in [0.1, 0.15) is 22.5 Å². The van der Waals surface area contributed by atoms with Gasteiger partial charge in [0.15, 0.2) is 0 Å². The topological polar surface area (TPSA) is 41.1 Å². The maximum Gasteiger partial charge on any atom is 0.262 e. The third-order valence-corrected chi connectivity index (χ3v) is 4.55. The number of rotatable bonds is 3. The molecule has 88 valence electrons. The number of carbonyl (C=O) groups is 1. The molecule has 1 saturated heterocycles. The molecule has 1 amide bonds. The number of thiophene rings is 1. The molecule has 0 atom stereocenters. The Morgan fingerprint density at radius 3 is 3.00 bits per heavy atom. The van der Waals surface area contributed by atoms with Crippen molar-refractivity contribution in [3.8, 4) is 0 Å². The smallest absolute Gasteiger partial charge is 0.262 e. The van der Waals surface area contributed by atoms with Gasteiger partial charge in [0.1, 0.15) is 4.88 Å². The molecule has 2 heterocycles. The van der Waals surface area contributed by atoms with Crippen LogP contribution in [0, 0.1) is 0 Å². The third kappa shape index (κ3) is 2.78. The van der Waals surface area contributed by atoms with E-state index in [-0.39, 0.29) is 5.91 Å². The third-order valence-electron chi connectivity index (χ3n) is 2.73. The summed E-state index contributed by atoms with van der Waals surface area (Å²) in [5.74, 6) is 0.0891. The Morgan fingerprint density at radius 1 is 1.56 bits per heavy atom. The lowest BCUT2D eigenvalue weighted by Crippen LogP contribution is -2.42. The van der Waals surface area contributed by atoms with Crippen LogP contribution in [-0.4, -0.2) is 31.3 Å². The second kappa shape index (κ2) is 5.70.